The largest absolute Gasteiger partial charge is 0.490 e. The van der Waals surface area contributed by atoms with E-state index in [9.17, 15) is 0 Å². The molecule has 0 spiro atoms. The van der Waals surface area contributed by atoms with E-state index in [4.69, 9.17) is 14.7 Å². The fraction of sp³-hybridized carbons (Fsp3) is 0.500. The van der Waals surface area contributed by atoms with Gasteiger partial charge >= 0.3 is 0 Å². The molecule has 0 aliphatic rings. The maximum Gasteiger partial charge on any atom is 0.176 e. The molecule has 0 aliphatic heterocycles. The van der Waals surface area contributed by atoms with Crippen molar-refractivity contribution < 1.29 is 9.47 Å². The molecule has 5 heteroatoms. The predicted molar refractivity (Wildman–Crippen MR) is 78.4 cm³/mol. The second kappa shape index (κ2) is 8.03. The van der Waals surface area contributed by atoms with E-state index in [-0.39, 0.29) is 6.61 Å². The van der Waals surface area contributed by atoms with E-state index in [1.807, 2.05) is 25.1 Å². The third-order valence-corrected chi connectivity index (χ3v) is 2.95. The van der Waals surface area contributed by atoms with Crippen LogP contribution < -0.4 is 14.8 Å². The van der Waals surface area contributed by atoms with Crippen LogP contribution in [-0.4, -0.2) is 19.3 Å². The lowest BCUT2D eigenvalue weighted by Crippen LogP contribution is -2.21. The zero-order valence-electron chi connectivity index (χ0n) is 11.5. The highest BCUT2D eigenvalue weighted by molar-refractivity contribution is 9.10. The molecular formula is C14H19BrN2O2. The van der Waals surface area contributed by atoms with E-state index in [2.05, 4.69) is 35.1 Å². The van der Waals surface area contributed by atoms with Crippen LogP contribution in [0.1, 0.15) is 26.3 Å². The summed E-state index contributed by atoms with van der Waals surface area (Å²) in [6.45, 7) is 7.43. The Labute approximate surface area is 122 Å². The molecule has 0 aromatic heterocycles. The first kappa shape index (κ1) is 15.8. The molecule has 0 saturated carbocycles. The lowest BCUT2D eigenvalue weighted by Gasteiger charge is -2.15. The zero-order valence-corrected chi connectivity index (χ0v) is 13.1. The number of rotatable bonds is 7. The summed E-state index contributed by atoms with van der Waals surface area (Å²) >= 11 is 3.46. The third-order valence-electron chi connectivity index (χ3n) is 2.36. The van der Waals surface area contributed by atoms with Gasteiger partial charge in [-0.15, -0.1) is 0 Å². The molecule has 0 heterocycles. The van der Waals surface area contributed by atoms with Gasteiger partial charge in [0.15, 0.2) is 18.1 Å². The second-order valence-corrected chi connectivity index (χ2v) is 5.17. The summed E-state index contributed by atoms with van der Waals surface area (Å²) in [5, 5.41) is 11.9. The summed E-state index contributed by atoms with van der Waals surface area (Å²) in [4.78, 5) is 0. The fourth-order valence-corrected chi connectivity index (χ4v) is 2.16. The lowest BCUT2D eigenvalue weighted by atomic mass is 10.2. The molecule has 0 aliphatic carbocycles. The van der Waals surface area contributed by atoms with Gasteiger partial charge in [-0.1, -0.05) is 13.8 Å². The SMILES string of the molecule is CCOc1cc(CNC(C)C)cc(Br)c1OCC#N. The lowest BCUT2D eigenvalue weighted by molar-refractivity contribution is 0.297. The third kappa shape index (κ3) is 5.09. The highest BCUT2D eigenvalue weighted by atomic mass is 79.9. The van der Waals surface area contributed by atoms with Crippen molar-refractivity contribution in [1.29, 1.82) is 5.26 Å². The Morgan fingerprint density at radius 3 is 2.68 bits per heavy atom. The Kier molecular flexibility index (Phi) is 6.68. The van der Waals surface area contributed by atoms with Crippen LogP contribution in [0.2, 0.25) is 0 Å². The molecule has 0 unspecified atom stereocenters. The van der Waals surface area contributed by atoms with E-state index in [1.54, 1.807) is 0 Å². The quantitative estimate of drug-likeness (QED) is 0.835. The van der Waals surface area contributed by atoms with Crippen molar-refractivity contribution in [2.45, 2.75) is 33.4 Å². The monoisotopic (exact) mass is 326 g/mol. The Balaban J connectivity index is 2.96. The molecule has 104 valence electrons. The summed E-state index contributed by atoms with van der Waals surface area (Å²) in [6, 6.07) is 6.29. The van der Waals surface area contributed by atoms with Crippen LogP contribution in [0.4, 0.5) is 0 Å². The smallest absolute Gasteiger partial charge is 0.176 e. The zero-order chi connectivity index (χ0) is 14.3. The molecule has 1 rings (SSSR count). The van der Waals surface area contributed by atoms with E-state index < -0.39 is 0 Å². The van der Waals surface area contributed by atoms with Crippen molar-refractivity contribution in [3.8, 4) is 17.6 Å². The molecule has 0 saturated heterocycles. The molecule has 0 amide bonds. The number of hydrogen-bond acceptors (Lipinski definition) is 4. The molecular weight excluding hydrogens is 308 g/mol. The van der Waals surface area contributed by atoms with Gasteiger partial charge in [0.05, 0.1) is 11.1 Å². The van der Waals surface area contributed by atoms with Gasteiger partial charge in [-0.3, -0.25) is 0 Å². The number of nitriles is 1. The summed E-state index contributed by atoms with van der Waals surface area (Å²) in [6.07, 6.45) is 0. The number of nitrogens with one attached hydrogen (secondary N) is 1. The fourth-order valence-electron chi connectivity index (χ4n) is 1.55. The standard InChI is InChI=1S/C14H19BrN2O2/c1-4-18-13-8-11(9-17-10(2)3)7-12(15)14(13)19-6-5-16/h7-8,10,17H,4,6,9H2,1-3H3. The summed E-state index contributed by atoms with van der Waals surface area (Å²) in [5.41, 5.74) is 1.10. The van der Waals surface area contributed by atoms with Crippen LogP contribution in [0.3, 0.4) is 0 Å². The van der Waals surface area contributed by atoms with Crippen molar-refractivity contribution in [2.24, 2.45) is 0 Å². The average molecular weight is 327 g/mol. The van der Waals surface area contributed by atoms with Crippen LogP contribution in [-0.2, 0) is 6.54 Å². The van der Waals surface area contributed by atoms with Gasteiger partial charge in [0.2, 0.25) is 0 Å². The van der Waals surface area contributed by atoms with Gasteiger partial charge < -0.3 is 14.8 Å². The first-order valence-corrected chi connectivity index (χ1v) is 7.06. The van der Waals surface area contributed by atoms with Crippen molar-refractivity contribution in [3.63, 3.8) is 0 Å². The number of nitrogens with zero attached hydrogens (tertiary/aromatic N) is 1. The Hall–Kier alpha value is -1.25. The molecule has 0 fully saturated rings. The predicted octanol–water partition coefficient (Wildman–Crippen LogP) is 3.25. The van der Waals surface area contributed by atoms with Crippen LogP contribution in [0, 0.1) is 11.3 Å². The van der Waals surface area contributed by atoms with Crippen molar-refractivity contribution in [2.75, 3.05) is 13.2 Å². The van der Waals surface area contributed by atoms with E-state index in [1.165, 1.54) is 0 Å². The summed E-state index contributed by atoms with van der Waals surface area (Å²) < 4.78 is 11.8. The van der Waals surface area contributed by atoms with Crippen LogP contribution in [0.5, 0.6) is 11.5 Å². The molecule has 0 radical (unpaired) electrons. The minimum absolute atomic E-state index is 0.00225. The second-order valence-electron chi connectivity index (χ2n) is 4.32. The van der Waals surface area contributed by atoms with E-state index >= 15 is 0 Å². The summed E-state index contributed by atoms with van der Waals surface area (Å²) in [5.74, 6) is 1.24. The molecule has 19 heavy (non-hydrogen) atoms. The van der Waals surface area contributed by atoms with Gasteiger partial charge in [-0.2, -0.15) is 5.26 Å². The van der Waals surface area contributed by atoms with Crippen LogP contribution in [0.15, 0.2) is 16.6 Å². The maximum atomic E-state index is 8.60. The molecule has 4 nitrogen and oxygen atoms in total. The number of benzene rings is 1. The Morgan fingerprint density at radius 2 is 2.11 bits per heavy atom. The Bertz CT molecular complexity index is 455. The average Bonchev–Trinajstić information content (AvgIpc) is 2.36. The first-order valence-electron chi connectivity index (χ1n) is 6.26. The van der Waals surface area contributed by atoms with E-state index in [0.29, 0.717) is 24.1 Å². The first-order chi connectivity index (χ1) is 9.08. The van der Waals surface area contributed by atoms with Crippen LogP contribution in [0.25, 0.3) is 0 Å². The molecule has 0 bridgehead atoms. The normalized spacial score (nSPS) is 10.3. The van der Waals surface area contributed by atoms with Gasteiger partial charge in [-0.25, -0.2) is 0 Å². The Morgan fingerprint density at radius 1 is 1.37 bits per heavy atom. The highest BCUT2D eigenvalue weighted by Crippen LogP contribution is 2.36. The van der Waals surface area contributed by atoms with Crippen LogP contribution >= 0.6 is 15.9 Å². The minimum atomic E-state index is 0.00225. The molecule has 1 N–H and O–H groups in total. The van der Waals surface area contributed by atoms with Crippen molar-refractivity contribution in [1.82, 2.24) is 5.32 Å². The molecule has 0 atom stereocenters. The van der Waals surface area contributed by atoms with E-state index in [0.717, 1.165) is 16.6 Å². The van der Waals surface area contributed by atoms with Crippen molar-refractivity contribution >= 4 is 15.9 Å². The molecule has 1 aromatic carbocycles. The maximum absolute atomic E-state index is 8.60. The highest BCUT2D eigenvalue weighted by Gasteiger charge is 2.12. The van der Waals surface area contributed by atoms with Gasteiger partial charge in [0.25, 0.3) is 0 Å². The topological polar surface area (TPSA) is 54.3 Å². The van der Waals surface area contributed by atoms with Crippen molar-refractivity contribution in [3.05, 3.63) is 22.2 Å². The number of hydrogen-bond donors (Lipinski definition) is 1. The molecule has 1 aromatic rings. The van der Waals surface area contributed by atoms with Gasteiger partial charge in [0.1, 0.15) is 6.07 Å². The summed E-state index contributed by atoms with van der Waals surface area (Å²) in [7, 11) is 0. The van der Waals surface area contributed by atoms with Gasteiger partial charge in [-0.05, 0) is 40.5 Å². The minimum Gasteiger partial charge on any atom is -0.490 e. The van der Waals surface area contributed by atoms with Gasteiger partial charge in [0, 0.05) is 12.6 Å². The number of ether oxygens (including phenoxy) is 2. The number of halogens is 1.